The number of hydrogen-bond acceptors (Lipinski definition) is 5. The number of halogens is 2. The monoisotopic (exact) mass is 468 g/mol. The first-order valence-corrected chi connectivity index (χ1v) is 10.7. The third kappa shape index (κ3) is 5.14. The number of ether oxygens (including phenoxy) is 2. The van der Waals surface area contributed by atoms with Crippen molar-refractivity contribution in [1.82, 2.24) is 10.2 Å². The molecule has 0 spiro atoms. The molecule has 1 aliphatic carbocycles. The minimum atomic E-state index is -1.01. The first kappa shape index (κ1) is 23.2. The zero-order valence-corrected chi connectivity index (χ0v) is 18.1. The Morgan fingerprint density at radius 1 is 0.971 bits per heavy atom. The standard InChI is InChI=1S/C25H22F2N2O5/c26-21-11-10-18(12-22(21)27)33-15-17(13-28-25(32)34-14-16-6-2-1-3-7-16)29-23(30)19-8-4-5-9-20(19)24(29)31/h1-9,12,17H,10-11,13-15H2,(H,28,32). The molecule has 0 fully saturated rings. The van der Waals surface area contributed by atoms with Crippen molar-refractivity contribution in [2.24, 2.45) is 0 Å². The summed E-state index contributed by atoms with van der Waals surface area (Å²) in [5, 5.41) is 2.55. The summed E-state index contributed by atoms with van der Waals surface area (Å²) >= 11 is 0. The molecule has 0 bridgehead atoms. The average molecular weight is 468 g/mol. The third-order valence-corrected chi connectivity index (χ3v) is 5.48. The quantitative estimate of drug-likeness (QED) is 0.580. The van der Waals surface area contributed by atoms with E-state index >= 15 is 0 Å². The number of nitrogens with one attached hydrogen (secondary N) is 1. The Labute approximate surface area is 194 Å². The molecule has 0 saturated heterocycles. The molecule has 2 aliphatic rings. The number of imide groups is 1. The first-order valence-electron chi connectivity index (χ1n) is 10.7. The van der Waals surface area contributed by atoms with Gasteiger partial charge in [0, 0.05) is 25.5 Å². The minimum Gasteiger partial charge on any atom is -0.496 e. The Bertz CT molecular complexity index is 1130. The van der Waals surface area contributed by atoms with Crippen molar-refractivity contribution in [2.45, 2.75) is 25.5 Å². The van der Waals surface area contributed by atoms with Crippen molar-refractivity contribution in [3.8, 4) is 0 Å². The molecular formula is C25H22F2N2O5. The number of carbonyl (C=O) groups excluding carboxylic acids is 3. The van der Waals surface area contributed by atoms with Gasteiger partial charge in [0.15, 0.2) is 5.83 Å². The van der Waals surface area contributed by atoms with Gasteiger partial charge in [0.2, 0.25) is 0 Å². The summed E-state index contributed by atoms with van der Waals surface area (Å²) in [5.74, 6) is -2.73. The zero-order valence-electron chi connectivity index (χ0n) is 18.1. The van der Waals surface area contributed by atoms with E-state index in [-0.39, 0.29) is 49.5 Å². The maximum absolute atomic E-state index is 13.6. The highest BCUT2D eigenvalue weighted by Gasteiger charge is 2.40. The lowest BCUT2D eigenvalue weighted by atomic mass is 10.1. The van der Waals surface area contributed by atoms with Crippen LogP contribution in [0.15, 0.2) is 78.1 Å². The smallest absolute Gasteiger partial charge is 0.407 e. The van der Waals surface area contributed by atoms with Crippen molar-refractivity contribution < 1.29 is 32.6 Å². The molecule has 1 aliphatic heterocycles. The van der Waals surface area contributed by atoms with Gasteiger partial charge in [-0.05, 0) is 17.7 Å². The number of alkyl carbamates (subject to hydrolysis) is 1. The summed E-state index contributed by atoms with van der Waals surface area (Å²) in [7, 11) is 0. The van der Waals surface area contributed by atoms with E-state index in [1.165, 1.54) is 0 Å². The molecule has 3 amide bonds. The van der Waals surface area contributed by atoms with E-state index in [2.05, 4.69) is 5.32 Å². The highest BCUT2D eigenvalue weighted by molar-refractivity contribution is 6.21. The molecule has 1 atom stereocenters. The fourth-order valence-electron chi connectivity index (χ4n) is 3.70. The number of rotatable bonds is 8. The van der Waals surface area contributed by atoms with E-state index < -0.39 is 35.6 Å². The number of fused-ring (bicyclic) bond motifs is 1. The second-order valence-corrected chi connectivity index (χ2v) is 7.80. The maximum Gasteiger partial charge on any atom is 0.407 e. The number of amides is 3. The molecule has 2 aromatic rings. The number of allylic oxidation sites excluding steroid dienone is 4. The summed E-state index contributed by atoms with van der Waals surface area (Å²) in [5.41, 5.74) is 1.29. The number of carbonyl (C=O) groups is 3. The van der Waals surface area contributed by atoms with Gasteiger partial charge in [-0.25, -0.2) is 13.6 Å². The lowest BCUT2D eigenvalue weighted by molar-refractivity contribution is 0.0470. The van der Waals surface area contributed by atoms with Crippen LogP contribution in [0.5, 0.6) is 0 Å². The van der Waals surface area contributed by atoms with Crippen LogP contribution in [0.3, 0.4) is 0 Å². The third-order valence-electron chi connectivity index (χ3n) is 5.48. The largest absolute Gasteiger partial charge is 0.496 e. The van der Waals surface area contributed by atoms with Gasteiger partial charge in [-0.3, -0.25) is 14.5 Å². The molecule has 176 valence electrons. The Morgan fingerprint density at radius 3 is 2.26 bits per heavy atom. The van der Waals surface area contributed by atoms with Crippen LogP contribution in [0.1, 0.15) is 39.1 Å². The van der Waals surface area contributed by atoms with Gasteiger partial charge in [-0.15, -0.1) is 0 Å². The van der Waals surface area contributed by atoms with Crippen LogP contribution in [0.2, 0.25) is 0 Å². The average Bonchev–Trinajstić information content (AvgIpc) is 3.11. The topological polar surface area (TPSA) is 84.9 Å². The lowest BCUT2D eigenvalue weighted by Gasteiger charge is -2.27. The van der Waals surface area contributed by atoms with Crippen molar-refractivity contribution in [2.75, 3.05) is 13.2 Å². The maximum atomic E-state index is 13.6. The van der Waals surface area contributed by atoms with Crippen LogP contribution in [0, 0.1) is 0 Å². The van der Waals surface area contributed by atoms with Crippen molar-refractivity contribution in [3.63, 3.8) is 0 Å². The lowest BCUT2D eigenvalue weighted by Crippen LogP contribution is -2.49. The molecule has 4 rings (SSSR count). The van der Waals surface area contributed by atoms with Crippen LogP contribution in [0.25, 0.3) is 0 Å². The first-order chi connectivity index (χ1) is 16.4. The molecule has 9 heteroatoms. The van der Waals surface area contributed by atoms with E-state index in [1.54, 1.807) is 36.4 Å². The second-order valence-electron chi connectivity index (χ2n) is 7.80. The normalized spacial score (nSPS) is 16.2. The molecule has 0 saturated carbocycles. The molecule has 7 nitrogen and oxygen atoms in total. The summed E-state index contributed by atoms with van der Waals surface area (Å²) in [6.45, 7) is -0.324. The van der Waals surface area contributed by atoms with Gasteiger partial charge in [0.05, 0.1) is 22.9 Å². The summed E-state index contributed by atoms with van der Waals surface area (Å²) in [4.78, 5) is 39.1. The Balaban J connectivity index is 1.44. The number of nitrogens with zero attached hydrogens (tertiary/aromatic N) is 1. The molecule has 0 aromatic heterocycles. The summed E-state index contributed by atoms with van der Waals surface area (Å²) in [6, 6.07) is 14.6. The van der Waals surface area contributed by atoms with Gasteiger partial charge >= 0.3 is 6.09 Å². The number of hydrogen-bond donors (Lipinski definition) is 1. The second kappa shape index (κ2) is 10.3. The molecule has 2 aromatic carbocycles. The Hall–Kier alpha value is -4.01. The van der Waals surface area contributed by atoms with Gasteiger partial charge in [-0.2, -0.15) is 0 Å². The van der Waals surface area contributed by atoms with Gasteiger partial charge in [0.1, 0.15) is 19.0 Å². The van der Waals surface area contributed by atoms with E-state index in [4.69, 9.17) is 9.47 Å². The fourth-order valence-corrected chi connectivity index (χ4v) is 3.70. The van der Waals surface area contributed by atoms with Crippen molar-refractivity contribution in [3.05, 3.63) is 94.8 Å². The highest BCUT2D eigenvalue weighted by Crippen LogP contribution is 2.28. The van der Waals surface area contributed by atoms with Crippen LogP contribution >= 0.6 is 0 Å². The Kier molecular flexibility index (Phi) is 7.01. The SMILES string of the molecule is O=C(NCC(COC1=CC(F)=C(F)CC1)N1C(=O)c2ccccc2C1=O)OCc1ccccc1. The van der Waals surface area contributed by atoms with Crippen LogP contribution in [-0.2, 0) is 16.1 Å². The zero-order chi connectivity index (χ0) is 24.1. The fraction of sp³-hybridized carbons (Fsp3) is 0.240. The summed E-state index contributed by atoms with van der Waals surface area (Å²) in [6.07, 6.45) is 0.207. The van der Waals surface area contributed by atoms with Gasteiger partial charge in [-0.1, -0.05) is 42.5 Å². The van der Waals surface area contributed by atoms with E-state index in [0.717, 1.165) is 16.5 Å². The minimum absolute atomic E-state index is 0.0465. The van der Waals surface area contributed by atoms with Gasteiger partial charge in [0.25, 0.3) is 11.8 Å². The molecule has 1 N–H and O–H groups in total. The van der Waals surface area contributed by atoms with Crippen LogP contribution < -0.4 is 5.32 Å². The molecule has 0 radical (unpaired) electrons. The highest BCUT2D eigenvalue weighted by atomic mass is 19.2. The van der Waals surface area contributed by atoms with Crippen molar-refractivity contribution in [1.29, 1.82) is 0 Å². The van der Waals surface area contributed by atoms with E-state index in [9.17, 15) is 23.2 Å². The van der Waals surface area contributed by atoms with Crippen molar-refractivity contribution >= 4 is 17.9 Å². The van der Waals surface area contributed by atoms with E-state index in [1.807, 2.05) is 18.2 Å². The number of benzene rings is 2. The van der Waals surface area contributed by atoms with E-state index in [0.29, 0.717) is 0 Å². The predicted molar refractivity (Wildman–Crippen MR) is 118 cm³/mol. The van der Waals surface area contributed by atoms with Crippen LogP contribution in [-0.4, -0.2) is 42.0 Å². The molecule has 1 unspecified atom stereocenters. The summed E-state index contributed by atoms with van der Waals surface area (Å²) < 4.78 is 37.7. The molecular weight excluding hydrogens is 446 g/mol. The van der Waals surface area contributed by atoms with Gasteiger partial charge < -0.3 is 14.8 Å². The van der Waals surface area contributed by atoms with Crippen LogP contribution in [0.4, 0.5) is 13.6 Å². The molecule has 1 heterocycles. The Morgan fingerprint density at radius 2 is 1.62 bits per heavy atom. The predicted octanol–water partition coefficient (Wildman–Crippen LogP) is 4.42. The molecule has 34 heavy (non-hydrogen) atoms.